The van der Waals surface area contributed by atoms with Crippen molar-refractivity contribution in [2.24, 2.45) is 0 Å². The van der Waals surface area contributed by atoms with Crippen LogP contribution in [-0.4, -0.2) is 24.5 Å². The summed E-state index contributed by atoms with van der Waals surface area (Å²) in [7, 11) is 0. The number of carbonyl (C=O) groups is 3. The highest BCUT2D eigenvalue weighted by Gasteiger charge is 2.03. The summed E-state index contributed by atoms with van der Waals surface area (Å²) in [6, 6.07) is 19.8. The fourth-order valence-electron chi connectivity index (χ4n) is 3.01. The Morgan fingerprint density at radius 3 is 2.21 bits per heavy atom. The van der Waals surface area contributed by atoms with Gasteiger partial charge in [0.05, 0.1) is 6.42 Å². The summed E-state index contributed by atoms with van der Waals surface area (Å²) in [5, 5.41) is 2.14. The molecular weight excluding hydrogens is 428 g/mol. The summed E-state index contributed by atoms with van der Waals surface area (Å²) in [5.41, 5.74) is 3.76. The van der Waals surface area contributed by atoms with Gasteiger partial charge < -0.3 is 9.47 Å². The Balaban J connectivity index is 1.65. The second-order valence-corrected chi connectivity index (χ2v) is 7.13. The molecule has 0 saturated heterocycles. The Morgan fingerprint density at radius 2 is 1.47 bits per heavy atom. The van der Waals surface area contributed by atoms with Crippen LogP contribution in [0.25, 0.3) is 28.0 Å². The van der Waals surface area contributed by atoms with Crippen LogP contribution < -0.4 is 0 Å². The summed E-state index contributed by atoms with van der Waals surface area (Å²) in [4.78, 5) is 33.9. The lowest BCUT2D eigenvalue weighted by molar-refractivity contribution is -0.160. The summed E-state index contributed by atoms with van der Waals surface area (Å²) in [6.07, 6.45) is 5.31. The number of hydrogen-bond donors (Lipinski definition) is 0. The van der Waals surface area contributed by atoms with Crippen molar-refractivity contribution in [1.29, 1.82) is 0 Å². The largest absolute Gasteiger partial charge is 0.425 e. The van der Waals surface area contributed by atoms with Crippen LogP contribution in [0, 0.1) is 11.8 Å². The Bertz CT molecular complexity index is 1330. The van der Waals surface area contributed by atoms with E-state index in [1.165, 1.54) is 12.2 Å². The highest BCUT2D eigenvalue weighted by atomic mass is 16.7. The molecule has 0 unspecified atom stereocenters. The van der Waals surface area contributed by atoms with Crippen LogP contribution in [0.15, 0.2) is 92.0 Å². The van der Waals surface area contributed by atoms with Crippen molar-refractivity contribution in [3.8, 4) is 23.0 Å². The first-order valence-electron chi connectivity index (χ1n) is 10.4. The van der Waals surface area contributed by atoms with Crippen molar-refractivity contribution in [1.82, 2.24) is 0 Å². The molecule has 0 amide bonds. The third-order valence-electron chi connectivity index (χ3n) is 4.79. The van der Waals surface area contributed by atoms with Crippen LogP contribution in [0.2, 0.25) is 0 Å². The average molecular weight is 450 g/mol. The first-order chi connectivity index (χ1) is 16.5. The molecule has 168 valence electrons. The number of rotatable bonds is 8. The van der Waals surface area contributed by atoms with Crippen LogP contribution in [0.5, 0.6) is 0 Å². The maximum Gasteiger partial charge on any atom is 0.333 e. The molecule has 3 aromatic rings. The smallest absolute Gasteiger partial charge is 0.333 e. The van der Waals surface area contributed by atoms with Gasteiger partial charge in [-0.2, -0.15) is 0 Å². The van der Waals surface area contributed by atoms with Gasteiger partial charge in [-0.25, -0.2) is 9.59 Å². The molecule has 0 aromatic heterocycles. The molecule has 34 heavy (non-hydrogen) atoms. The molecule has 5 nitrogen and oxygen atoms in total. The van der Waals surface area contributed by atoms with Crippen LogP contribution in [0.4, 0.5) is 0 Å². The fourth-order valence-corrected chi connectivity index (χ4v) is 3.01. The molecule has 0 aliphatic heterocycles. The lowest BCUT2D eigenvalue weighted by Crippen LogP contribution is -2.09. The van der Waals surface area contributed by atoms with Gasteiger partial charge in [-0.1, -0.05) is 67.5 Å². The van der Waals surface area contributed by atoms with Crippen molar-refractivity contribution in [3.05, 3.63) is 103 Å². The second kappa shape index (κ2) is 11.8. The topological polar surface area (TPSA) is 69.7 Å². The van der Waals surface area contributed by atoms with Crippen LogP contribution in [-0.2, 0) is 23.9 Å². The van der Waals surface area contributed by atoms with Crippen molar-refractivity contribution in [2.45, 2.75) is 6.42 Å². The van der Waals surface area contributed by atoms with E-state index in [0.717, 1.165) is 39.1 Å². The standard InChI is InChI=1S/C29H22O5/c1-3-27(30)7-5-6-22-10-14-26-19-25(16-15-24(26)18-22)23-12-8-21(9-13-23)11-17-29(32)34-20-33-28(31)4-2/h3-4,8-19H,1-2,7,20H2/b17-11+. The van der Waals surface area contributed by atoms with Gasteiger partial charge in [0.15, 0.2) is 5.78 Å². The average Bonchev–Trinajstić information content (AvgIpc) is 2.87. The summed E-state index contributed by atoms with van der Waals surface area (Å²) in [6.45, 7) is 6.24. The normalized spacial score (nSPS) is 10.2. The molecule has 0 atom stereocenters. The number of esters is 2. The van der Waals surface area contributed by atoms with Gasteiger partial charge in [-0.3, -0.25) is 4.79 Å². The lowest BCUT2D eigenvalue weighted by Gasteiger charge is -2.06. The third-order valence-corrected chi connectivity index (χ3v) is 4.79. The van der Waals surface area contributed by atoms with Crippen molar-refractivity contribution >= 4 is 34.6 Å². The minimum Gasteiger partial charge on any atom is -0.425 e. The van der Waals surface area contributed by atoms with Gasteiger partial charge >= 0.3 is 11.9 Å². The quantitative estimate of drug-likeness (QED) is 0.203. The second-order valence-electron chi connectivity index (χ2n) is 7.13. The first kappa shape index (κ1) is 24.0. The minimum absolute atomic E-state index is 0.0917. The first-order valence-corrected chi connectivity index (χ1v) is 10.4. The van der Waals surface area contributed by atoms with E-state index in [0.29, 0.717) is 0 Å². The number of hydrogen-bond acceptors (Lipinski definition) is 5. The molecule has 0 aliphatic rings. The molecule has 0 heterocycles. The molecule has 0 bridgehead atoms. The van der Waals surface area contributed by atoms with E-state index < -0.39 is 18.7 Å². The van der Waals surface area contributed by atoms with Gasteiger partial charge in [0.2, 0.25) is 6.79 Å². The van der Waals surface area contributed by atoms with Gasteiger partial charge in [-0.05, 0) is 57.8 Å². The Kier molecular flexibility index (Phi) is 8.31. The van der Waals surface area contributed by atoms with Crippen molar-refractivity contribution in [2.75, 3.05) is 6.79 Å². The Hall–Kier alpha value is -4.69. The van der Waals surface area contributed by atoms with Crippen LogP contribution in [0.1, 0.15) is 17.5 Å². The number of fused-ring (bicyclic) bond motifs is 1. The fraction of sp³-hybridized carbons (Fsp3) is 0.0690. The van der Waals surface area contributed by atoms with Gasteiger partial charge in [-0.15, -0.1) is 0 Å². The highest BCUT2D eigenvalue weighted by molar-refractivity contribution is 5.91. The van der Waals surface area contributed by atoms with Crippen molar-refractivity contribution in [3.63, 3.8) is 0 Å². The van der Waals surface area contributed by atoms with Gasteiger partial charge in [0.1, 0.15) is 0 Å². The van der Waals surface area contributed by atoms with Gasteiger partial charge in [0, 0.05) is 17.7 Å². The zero-order valence-corrected chi connectivity index (χ0v) is 18.5. The molecule has 0 aliphatic carbocycles. The van der Waals surface area contributed by atoms with E-state index in [-0.39, 0.29) is 12.2 Å². The minimum atomic E-state index is -0.660. The molecule has 0 spiro atoms. The van der Waals surface area contributed by atoms with E-state index in [2.05, 4.69) is 35.8 Å². The molecule has 5 heteroatoms. The molecule has 3 rings (SSSR count). The SMILES string of the molecule is C=CC(=O)CC#Cc1ccc2cc(-c3ccc(/C=C/C(=O)OCOC(=O)C=C)cc3)ccc2c1. The molecule has 0 fully saturated rings. The van der Waals surface area contributed by atoms with E-state index in [9.17, 15) is 14.4 Å². The van der Waals surface area contributed by atoms with E-state index in [1.807, 2.05) is 54.6 Å². The number of ketones is 1. The van der Waals surface area contributed by atoms with E-state index in [4.69, 9.17) is 4.74 Å². The van der Waals surface area contributed by atoms with Crippen LogP contribution in [0.3, 0.4) is 0 Å². The maximum absolute atomic E-state index is 11.7. The zero-order chi connectivity index (χ0) is 24.3. The van der Waals surface area contributed by atoms with E-state index in [1.54, 1.807) is 6.08 Å². The third kappa shape index (κ3) is 6.91. The van der Waals surface area contributed by atoms with Crippen LogP contribution >= 0.6 is 0 Å². The zero-order valence-electron chi connectivity index (χ0n) is 18.5. The number of benzene rings is 3. The summed E-state index contributed by atoms with van der Waals surface area (Å²) in [5.74, 6) is 4.50. The number of allylic oxidation sites excluding steroid dienone is 1. The number of ether oxygens (including phenoxy) is 2. The van der Waals surface area contributed by atoms with Gasteiger partial charge in [0.25, 0.3) is 0 Å². The molecule has 0 N–H and O–H groups in total. The predicted molar refractivity (Wildman–Crippen MR) is 132 cm³/mol. The molecular formula is C29H22O5. The molecule has 0 saturated carbocycles. The number of carbonyl (C=O) groups excluding carboxylic acids is 3. The van der Waals surface area contributed by atoms with Crippen molar-refractivity contribution < 1.29 is 23.9 Å². The maximum atomic E-state index is 11.7. The molecule has 3 aromatic carbocycles. The lowest BCUT2D eigenvalue weighted by atomic mass is 9.99. The monoisotopic (exact) mass is 450 g/mol. The Labute approximate surface area is 198 Å². The predicted octanol–water partition coefficient (Wildman–Crippen LogP) is 5.25. The summed E-state index contributed by atoms with van der Waals surface area (Å²) >= 11 is 0. The summed E-state index contributed by atoms with van der Waals surface area (Å²) < 4.78 is 9.36. The highest BCUT2D eigenvalue weighted by Crippen LogP contribution is 2.25. The molecule has 0 radical (unpaired) electrons. The Morgan fingerprint density at radius 1 is 0.794 bits per heavy atom. The van der Waals surface area contributed by atoms with E-state index >= 15 is 0 Å².